The van der Waals surface area contributed by atoms with Crippen molar-refractivity contribution in [3.63, 3.8) is 0 Å². The van der Waals surface area contributed by atoms with E-state index in [1.54, 1.807) is 18.2 Å². The molecule has 0 aliphatic carbocycles. The van der Waals surface area contributed by atoms with Gasteiger partial charge in [0, 0.05) is 0 Å². The van der Waals surface area contributed by atoms with Crippen LogP contribution in [0.5, 0.6) is 0 Å². The van der Waals surface area contributed by atoms with Gasteiger partial charge in [0.1, 0.15) is 0 Å². The van der Waals surface area contributed by atoms with E-state index < -0.39 is 0 Å². The van der Waals surface area contributed by atoms with Crippen molar-refractivity contribution in [2.24, 2.45) is 0 Å². The van der Waals surface area contributed by atoms with Crippen LogP contribution in [0.25, 0.3) is 0 Å². The van der Waals surface area contributed by atoms with Gasteiger partial charge in [0.25, 0.3) is 0 Å². The van der Waals surface area contributed by atoms with Gasteiger partial charge in [0.05, 0.1) is 0 Å². The van der Waals surface area contributed by atoms with E-state index in [0.29, 0.717) is 0 Å². The third-order valence-electron chi connectivity index (χ3n) is 0.468. The van der Waals surface area contributed by atoms with Gasteiger partial charge in [-0.25, -0.2) is 5.57 Å². The average molecular weight is 132 g/mol. The van der Waals surface area contributed by atoms with E-state index >= 15 is 0 Å². The van der Waals surface area contributed by atoms with E-state index in [9.17, 15) is 0 Å². The van der Waals surface area contributed by atoms with Crippen molar-refractivity contribution in [3.05, 3.63) is 43.9 Å². The first-order valence-electron chi connectivity index (χ1n) is 2.07. The summed E-state index contributed by atoms with van der Waals surface area (Å²) in [4.78, 5) is 0. The van der Waals surface area contributed by atoms with Crippen molar-refractivity contribution in [2.45, 2.75) is 0 Å². The number of rotatable bonds is 2. The minimum atomic E-state index is 0. The Labute approximate surface area is 93.8 Å². The number of allylic oxidation sites excluding steroid dienone is 4. The molecule has 0 heterocycles. The molecule has 0 aromatic carbocycles. The Balaban J connectivity index is 0. The van der Waals surface area contributed by atoms with Gasteiger partial charge in [-0.3, -0.25) is 0 Å². The van der Waals surface area contributed by atoms with Crippen molar-refractivity contribution in [3.8, 4) is 0 Å². The van der Waals surface area contributed by atoms with Crippen LogP contribution in [0.4, 0.5) is 0 Å². The second-order valence-corrected chi connectivity index (χ2v) is 1.25. The fraction of sp³-hybridized carbons (Fsp3) is 0. The van der Waals surface area contributed by atoms with Crippen LogP contribution in [0.3, 0.4) is 0 Å². The minimum absolute atomic E-state index is 0. The van der Waals surface area contributed by atoms with Gasteiger partial charge in [-0.05, 0) is 0 Å². The molecule has 0 N–H and O–H groups in total. The molecule has 0 spiro atoms. The Hall–Kier alpha value is 0.726. The van der Waals surface area contributed by atoms with Gasteiger partial charge in [-0.15, -0.1) is 12.7 Å². The molecular formula is C7H9K. The minimum Gasteiger partial charge on any atom is -0.202 e. The quantitative estimate of drug-likeness (QED) is 0.260. The van der Waals surface area contributed by atoms with Crippen LogP contribution in [0.2, 0.25) is 0 Å². The standard InChI is InChI=1S/C7H9.K/c1-4-5-6-7(2)3;/h4-6H,1-3H2;/q-1;+1/b6-5-;. The largest absolute Gasteiger partial charge is 1.00 e. The summed E-state index contributed by atoms with van der Waals surface area (Å²) in [5.41, 5.74) is 0.805. The number of hydrogen-bond acceptors (Lipinski definition) is 0. The summed E-state index contributed by atoms with van der Waals surface area (Å²) in [7, 11) is 0. The zero-order chi connectivity index (χ0) is 5.70. The van der Waals surface area contributed by atoms with Gasteiger partial charge in [0.2, 0.25) is 0 Å². The molecule has 1 heteroatoms. The van der Waals surface area contributed by atoms with Crippen LogP contribution in [-0.2, 0) is 0 Å². The summed E-state index contributed by atoms with van der Waals surface area (Å²) in [6, 6.07) is 0. The predicted molar refractivity (Wildman–Crippen MR) is 33.8 cm³/mol. The molecule has 8 heavy (non-hydrogen) atoms. The summed E-state index contributed by atoms with van der Waals surface area (Å²) in [5.74, 6) is 0. The van der Waals surface area contributed by atoms with Crippen LogP contribution in [0, 0.1) is 6.92 Å². The van der Waals surface area contributed by atoms with Crippen LogP contribution >= 0.6 is 0 Å². The Kier molecular flexibility index (Phi) is 11.1. The van der Waals surface area contributed by atoms with Crippen molar-refractivity contribution in [1.82, 2.24) is 0 Å². The molecule has 0 bridgehead atoms. The third-order valence-corrected chi connectivity index (χ3v) is 0.468. The monoisotopic (exact) mass is 132 g/mol. The maximum absolute atomic E-state index is 3.55. The molecule has 0 aromatic heterocycles. The van der Waals surface area contributed by atoms with Crippen molar-refractivity contribution in [1.29, 1.82) is 0 Å². The topological polar surface area (TPSA) is 0 Å². The van der Waals surface area contributed by atoms with E-state index in [0.717, 1.165) is 5.57 Å². The Morgan fingerprint density at radius 1 is 1.50 bits per heavy atom. The van der Waals surface area contributed by atoms with Crippen LogP contribution in [0.1, 0.15) is 0 Å². The van der Waals surface area contributed by atoms with Crippen molar-refractivity contribution >= 4 is 0 Å². The second-order valence-electron chi connectivity index (χ2n) is 1.25. The molecule has 0 saturated carbocycles. The van der Waals surface area contributed by atoms with Gasteiger partial charge in [-0.1, -0.05) is 6.08 Å². The van der Waals surface area contributed by atoms with Crippen LogP contribution < -0.4 is 51.4 Å². The molecule has 0 radical (unpaired) electrons. The van der Waals surface area contributed by atoms with E-state index in [2.05, 4.69) is 20.1 Å². The third kappa shape index (κ3) is 9.87. The van der Waals surface area contributed by atoms with Crippen LogP contribution in [-0.4, -0.2) is 0 Å². The number of hydrogen-bond donors (Lipinski definition) is 0. The van der Waals surface area contributed by atoms with Crippen molar-refractivity contribution < 1.29 is 51.4 Å². The summed E-state index contributed by atoms with van der Waals surface area (Å²) >= 11 is 0. The van der Waals surface area contributed by atoms with E-state index in [4.69, 9.17) is 0 Å². The molecule has 0 unspecified atom stereocenters. The van der Waals surface area contributed by atoms with Gasteiger partial charge < -0.3 is 0 Å². The summed E-state index contributed by atoms with van der Waals surface area (Å²) in [6.45, 7) is 10.6. The first-order valence-corrected chi connectivity index (χ1v) is 2.07. The molecule has 0 aliphatic heterocycles. The maximum atomic E-state index is 3.55. The smallest absolute Gasteiger partial charge is 0.202 e. The Bertz CT molecular complexity index is 101. The summed E-state index contributed by atoms with van der Waals surface area (Å²) in [6.07, 6.45) is 5.29. The zero-order valence-electron chi connectivity index (χ0n) is 5.35. The molecule has 0 amide bonds. The van der Waals surface area contributed by atoms with E-state index in [1.165, 1.54) is 0 Å². The molecule has 0 aliphatic rings. The molecule has 0 fully saturated rings. The normalized spacial score (nSPS) is 8.00. The molecule has 0 atom stereocenters. The average Bonchev–Trinajstić information content (AvgIpc) is 1.61. The molecule has 0 aromatic rings. The van der Waals surface area contributed by atoms with Crippen LogP contribution in [0.15, 0.2) is 37.0 Å². The van der Waals surface area contributed by atoms with Crippen molar-refractivity contribution in [2.75, 3.05) is 0 Å². The van der Waals surface area contributed by atoms with E-state index in [1.807, 2.05) is 0 Å². The summed E-state index contributed by atoms with van der Waals surface area (Å²) in [5, 5.41) is 0. The Morgan fingerprint density at radius 3 is 2.12 bits per heavy atom. The molecular weight excluding hydrogens is 123 g/mol. The van der Waals surface area contributed by atoms with Gasteiger partial charge >= 0.3 is 51.4 Å². The van der Waals surface area contributed by atoms with E-state index in [-0.39, 0.29) is 51.4 Å². The fourth-order valence-corrected chi connectivity index (χ4v) is 0.204. The molecule has 0 saturated heterocycles. The SMILES string of the molecule is C=C/C=C\C(=C)[CH2-].[K+]. The first kappa shape index (κ1) is 11.5. The Morgan fingerprint density at radius 2 is 2.00 bits per heavy atom. The first-order chi connectivity index (χ1) is 3.27. The predicted octanol–water partition coefficient (Wildman–Crippen LogP) is -0.877. The second kappa shape index (κ2) is 7.73. The van der Waals surface area contributed by atoms with Gasteiger partial charge in [-0.2, -0.15) is 19.6 Å². The molecule has 38 valence electrons. The molecule has 0 nitrogen and oxygen atoms in total. The zero-order valence-corrected chi connectivity index (χ0v) is 8.48. The maximum Gasteiger partial charge on any atom is 1.00 e. The summed E-state index contributed by atoms with van der Waals surface area (Å²) < 4.78 is 0. The van der Waals surface area contributed by atoms with Gasteiger partial charge in [0.15, 0.2) is 0 Å². The fourth-order valence-electron chi connectivity index (χ4n) is 0.204. The molecule has 0 rings (SSSR count).